The highest BCUT2D eigenvalue weighted by molar-refractivity contribution is 5.98. The molecule has 2 atom stereocenters. The van der Waals surface area contributed by atoms with Crippen LogP contribution in [-0.4, -0.2) is 30.2 Å². The number of ether oxygens (including phenoxy) is 3. The van der Waals surface area contributed by atoms with E-state index in [1.54, 1.807) is 24.3 Å². The number of Topliss-reactive ketones (excluding diaryl/α,β-unsaturated/α-hetero) is 2. The molecular formula is C44H58O8. The fourth-order valence-corrected chi connectivity index (χ4v) is 8.08. The average Bonchev–Trinajstić information content (AvgIpc) is 3.08. The summed E-state index contributed by atoms with van der Waals surface area (Å²) in [7, 11) is 1.54. The van der Waals surface area contributed by atoms with Crippen LogP contribution in [0.3, 0.4) is 0 Å². The third-order valence-corrected chi connectivity index (χ3v) is 11.5. The third-order valence-electron chi connectivity index (χ3n) is 11.5. The Morgan fingerprint density at radius 2 is 1.65 bits per heavy atom. The summed E-state index contributed by atoms with van der Waals surface area (Å²) in [5.74, 6) is 1.55. The number of hydrogen-bond donors (Lipinski definition) is 0. The van der Waals surface area contributed by atoms with Gasteiger partial charge in [-0.25, -0.2) is 4.79 Å². The first kappa shape index (κ1) is 39.3. The summed E-state index contributed by atoms with van der Waals surface area (Å²) in [4.78, 5) is 52.4. The smallest absolute Gasteiger partial charge is 0.347 e. The first-order valence-corrected chi connectivity index (χ1v) is 19.3. The Hall–Kier alpha value is -3.94. The molecule has 52 heavy (non-hydrogen) atoms. The van der Waals surface area contributed by atoms with E-state index in [-0.39, 0.29) is 46.8 Å². The van der Waals surface area contributed by atoms with Crippen molar-refractivity contribution in [2.75, 3.05) is 7.11 Å². The third kappa shape index (κ3) is 8.80. The van der Waals surface area contributed by atoms with E-state index in [0.717, 1.165) is 36.1 Å². The molecule has 2 aromatic carbocycles. The van der Waals surface area contributed by atoms with E-state index in [0.29, 0.717) is 61.0 Å². The maximum atomic E-state index is 14.0. The van der Waals surface area contributed by atoms with Gasteiger partial charge in [0.15, 0.2) is 5.78 Å². The molecule has 1 saturated carbocycles. The minimum absolute atomic E-state index is 0.0468. The first-order valence-electron chi connectivity index (χ1n) is 19.3. The summed E-state index contributed by atoms with van der Waals surface area (Å²) in [6.07, 6.45) is 10.2. The molecule has 0 unspecified atom stereocenters. The second-order valence-corrected chi connectivity index (χ2v) is 16.9. The van der Waals surface area contributed by atoms with E-state index < -0.39 is 16.6 Å². The molecule has 1 aliphatic carbocycles. The molecule has 1 aliphatic heterocycles. The predicted octanol–water partition coefficient (Wildman–Crippen LogP) is 10.4. The number of ketones is 2. The minimum Gasteiger partial charge on any atom is -0.497 e. The van der Waals surface area contributed by atoms with E-state index >= 15 is 0 Å². The van der Waals surface area contributed by atoms with E-state index in [1.807, 2.05) is 19.9 Å². The summed E-state index contributed by atoms with van der Waals surface area (Å²) in [6.45, 7) is 14.7. The summed E-state index contributed by atoms with van der Waals surface area (Å²) in [6, 6.07) is 10.9. The Morgan fingerprint density at radius 3 is 2.38 bits per heavy atom. The maximum Gasteiger partial charge on any atom is 0.347 e. The lowest BCUT2D eigenvalue weighted by Gasteiger charge is -2.47. The maximum absolute atomic E-state index is 14.0. The van der Waals surface area contributed by atoms with E-state index in [2.05, 4.69) is 40.7 Å². The van der Waals surface area contributed by atoms with Gasteiger partial charge in [0.1, 0.15) is 39.8 Å². The van der Waals surface area contributed by atoms with Gasteiger partial charge in [-0.15, -0.1) is 0 Å². The Balaban J connectivity index is 1.28. The van der Waals surface area contributed by atoms with Crippen molar-refractivity contribution >= 4 is 28.5 Å². The molecule has 2 aliphatic rings. The van der Waals surface area contributed by atoms with Gasteiger partial charge in [0.25, 0.3) is 0 Å². The summed E-state index contributed by atoms with van der Waals surface area (Å²) in [5, 5.41) is 0.659. The van der Waals surface area contributed by atoms with Crippen molar-refractivity contribution in [3.63, 3.8) is 0 Å². The largest absolute Gasteiger partial charge is 0.497 e. The van der Waals surface area contributed by atoms with Gasteiger partial charge in [0.2, 0.25) is 0 Å². The van der Waals surface area contributed by atoms with E-state index in [9.17, 15) is 19.2 Å². The molecule has 1 aromatic heterocycles. The molecule has 0 spiro atoms. The molecule has 2 heterocycles. The molecule has 5 rings (SSSR count). The van der Waals surface area contributed by atoms with Gasteiger partial charge in [0.05, 0.1) is 12.5 Å². The Kier molecular flexibility index (Phi) is 12.1. The SMILES string of the molecule is CCCCCCC(C)(C)c1cc(OC(=O)C(C)(C)CCCCCC(=O)c2cc3ccc(OC)cc3oc2=O)c2c(c1)OC(C)(C)[C@@H]1CCC(=O)C[C@@H]21. The lowest BCUT2D eigenvalue weighted by atomic mass is 9.66. The molecule has 0 N–H and O–H groups in total. The fraction of sp³-hybridized carbons (Fsp3) is 0.591. The van der Waals surface area contributed by atoms with Gasteiger partial charge >= 0.3 is 11.6 Å². The molecule has 0 bridgehead atoms. The van der Waals surface area contributed by atoms with Crippen LogP contribution in [0.25, 0.3) is 11.0 Å². The highest BCUT2D eigenvalue weighted by atomic mass is 16.5. The van der Waals surface area contributed by atoms with Gasteiger partial charge in [-0.3, -0.25) is 14.4 Å². The number of hydrogen-bond acceptors (Lipinski definition) is 8. The zero-order chi connectivity index (χ0) is 37.8. The van der Waals surface area contributed by atoms with Crippen LogP contribution in [0.5, 0.6) is 17.2 Å². The Bertz CT molecular complexity index is 1840. The van der Waals surface area contributed by atoms with Gasteiger partial charge < -0.3 is 18.6 Å². The zero-order valence-corrected chi connectivity index (χ0v) is 32.6. The number of esters is 1. The summed E-state index contributed by atoms with van der Waals surface area (Å²) < 4.78 is 23.7. The first-order chi connectivity index (χ1) is 24.6. The highest BCUT2D eigenvalue weighted by Gasteiger charge is 2.48. The second-order valence-electron chi connectivity index (χ2n) is 16.9. The van der Waals surface area contributed by atoms with Crippen molar-refractivity contribution in [3.8, 4) is 17.2 Å². The van der Waals surface area contributed by atoms with Crippen LogP contribution in [0.15, 0.2) is 45.6 Å². The fourth-order valence-electron chi connectivity index (χ4n) is 8.08. The number of unbranched alkanes of at least 4 members (excludes halogenated alkanes) is 5. The number of carbonyl (C=O) groups excluding carboxylic acids is 3. The molecule has 0 saturated heterocycles. The highest BCUT2D eigenvalue weighted by Crippen LogP contribution is 2.55. The minimum atomic E-state index is -0.792. The van der Waals surface area contributed by atoms with Crippen LogP contribution in [0, 0.1) is 11.3 Å². The summed E-state index contributed by atoms with van der Waals surface area (Å²) >= 11 is 0. The van der Waals surface area contributed by atoms with Crippen LogP contribution < -0.4 is 19.8 Å². The molecule has 8 nitrogen and oxygen atoms in total. The molecule has 1 fully saturated rings. The Morgan fingerprint density at radius 1 is 0.923 bits per heavy atom. The normalized spacial score (nSPS) is 18.3. The van der Waals surface area contributed by atoms with Gasteiger partial charge in [0, 0.05) is 48.1 Å². The molecule has 282 valence electrons. The van der Waals surface area contributed by atoms with Gasteiger partial charge in [-0.05, 0) is 94.7 Å². The van der Waals surface area contributed by atoms with Crippen molar-refractivity contribution in [3.05, 3.63) is 63.5 Å². The second kappa shape index (κ2) is 16.0. The standard InChI is InChI=1S/C44H58O8/c1-9-10-11-14-21-42(2,3)29-24-37(39-32-26-30(45)18-20-34(32)44(6,7)52-38(39)25-29)51-41(48)43(4,5)22-15-12-13-16-35(46)33-23-28-17-19-31(49-8)27-36(28)50-40(33)47/h17,19,23-25,27,32,34H,9-16,18,20-22,26H2,1-8H3/t32-,34-/m1/s1. The van der Waals surface area contributed by atoms with E-state index in [4.69, 9.17) is 18.6 Å². The van der Waals surface area contributed by atoms with Crippen molar-refractivity contribution < 1.29 is 33.0 Å². The summed E-state index contributed by atoms with van der Waals surface area (Å²) in [5.41, 5.74) is 0.287. The van der Waals surface area contributed by atoms with Crippen LogP contribution in [0.4, 0.5) is 0 Å². The quantitative estimate of drug-likeness (QED) is 0.0474. The van der Waals surface area contributed by atoms with Crippen molar-refractivity contribution in [2.24, 2.45) is 11.3 Å². The molecule has 3 aromatic rings. The lowest BCUT2D eigenvalue weighted by molar-refractivity contribution is -0.144. The predicted molar refractivity (Wildman–Crippen MR) is 204 cm³/mol. The molecular weight excluding hydrogens is 656 g/mol. The number of carbonyl (C=O) groups is 3. The number of rotatable bonds is 16. The monoisotopic (exact) mass is 714 g/mol. The molecule has 0 amide bonds. The van der Waals surface area contributed by atoms with Crippen molar-refractivity contribution in [1.29, 1.82) is 0 Å². The van der Waals surface area contributed by atoms with Crippen LogP contribution >= 0.6 is 0 Å². The lowest BCUT2D eigenvalue weighted by Crippen LogP contribution is -2.47. The molecule has 8 heteroatoms. The average molecular weight is 715 g/mol. The van der Waals surface area contributed by atoms with Crippen LogP contribution in [0.2, 0.25) is 0 Å². The Labute approximate surface area is 309 Å². The van der Waals surface area contributed by atoms with Crippen LogP contribution in [-0.2, 0) is 15.0 Å². The topological polar surface area (TPSA) is 109 Å². The van der Waals surface area contributed by atoms with Crippen molar-refractivity contribution in [1.82, 2.24) is 0 Å². The van der Waals surface area contributed by atoms with E-state index in [1.165, 1.54) is 26.4 Å². The zero-order valence-electron chi connectivity index (χ0n) is 32.6. The number of methoxy groups -OCH3 is 1. The van der Waals surface area contributed by atoms with Gasteiger partial charge in [-0.2, -0.15) is 0 Å². The number of benzene rings is 2. The molecule has 0 radical (unpaired) electrons. The van der Waals surface area contributed by atoms with Crippen LogP contribution in [0.1, 0.15) is 159 Å². The van der Waals surface area contributed by atoms with Crippen molar-refractivity contribution in [2.45, 2.75) is 149 Å². The number of fused-ring (bicyclic) bond motifs is 4. The van der Waals surface area contributed by atoms with Gasteiger partial charge in [-0.1, -0.05) is 59.3 Å².